The molecular formula is C11H16N2OS. The number of nitrogens with one attached hydrogen (secondary N) is 1. The zero-order chi connectivity index (χ0) is 10.8. The van der Waals surface area contributed by atoms with E-state index in [1.807, 2.05) is 17.2 Å². The molecule has 1 aromatic heterocycles. The van der Waals surface area contributed by atoms with Crippen LogP contribution in [0.5, 0.6) is 0 Å². The molecule has 0 aliphatic carbocycles. The Balaban J connectivity index is 2.16. The molecule has 0 radical (unpaired) electrons. The van der Waals surface area contributed by atoms with Crippen molar-refractivity contribution in [2.45, 2.75) is 13.8 Å². The number of piperazine rings is 1. The summed E-state index contributed by atoms with van der Waals surface area (Å²) >= 11 is 1.66. The first kappa shape index (κ1) is 10.6. The van der Waals surface area contributed by atoms with Gasteiger partial charge >= 0.3 is 0 Å². The smallest absolute Gasteiger partial charge is 0.255 e. The van der Waals surface area contributed by atoms with E-state index in [9.17, 15) is 4.79 Å². The third kappa shape index (κ3) is 2.06. The molecule has 1 aliphatic heterocycles. The van der Waals surface area contributed by atoms with Crippen LogP contribution in [-0.2, 0) is 0 Å². The summed E-state index contributed by atoms with van der Waals surface area (Å²) in [6.07, 6.45) is 0. The molecule has 3 nitrogen and oxygen atoms in total. The second-order valence-electron chi connectivity index (χ2n) is 3.87. The van der Waals surface area contributed by atoms with Crippen LogP contribution in [0.15, 0.2) is 5.38 Å². The molecule has 0 bridgehead atoms. The Hall–Kier alpha value is -0.870. The summed E-state index contributed by atoms with van der Waals surface area (Å²) in [5.41, 5.74) is 2.03. The summed E-state index contributed by atoms with van der Waals surface area (Å²) < 4.78 is 0. The van der Waals surface area contributed by atoms with E-state index >= 15 is 0 Å². The molecule has 1 fully saturated rings. The SMILES string of the molecule is Cc1scc(C(=O)N2CCNCC2)c1C. The normalized spacial score (nSPS) is 16.8. The second-order valence-corrected chi connectivity index (χ2v) is 4.96. The lowest BCUT2D eigenvalue weighted by atomic mass is 10.1. The minimum Gasteiger partial charge on any atom is -0.336 e. The first-order chi connectivity index (χ1) is 7.20. The van der Waals surface area contributed by atoms with Gasteiger partial charge in [-0.2, -0.15) is 0 Å². The van der Waals surface area contributed by atoms with Crippen LogP contribution in [0.3, 0.4) is 0 Å². The van der Waals surface area contributed by atoms with Crippen molar-refractivity contribution in [2.75, 3.05) is 26.2 Å². The van der Waals surface area contributed by atoms with Gasteiger partial charge in [0.2, 0.25) is 0 Å². The van der Waals surface area contributed by atoms with E-state index in [2.05, 4.69) is 12.2 Å². The Labute approximate surface area is 94.1 Å². The van der Waals surface area contributed by atoms with Crippen molar-refractivity contribution >= 4 is 17.2 Å². The van der Waals surface area contributed by atoms with Crippen molar-refractivity contribution in [3.63, 3.8) is 0 Å². The lowest BCUT2D eigenvalue weighted by Crippen LogP contribution is -2.46. The quantitative estimate of drug-likeness (QED) is 0.782. The predicted molar refractivity (Wildman–Crippen MR) is 62.6 cm³/mol. The molecule has 1 saturated heterocycles. The molecule has 1 aliphatic rings. The highest BCUT2D eigenvalue weighted by Gasteiger charge is 2.20. The molecule has 0 atom stereocenters. The summed E-state index contributed by atoms with van der Waals surface area (Å²) in [6, 6.07) is 0. The van der Waals surface area contributed by atoms with Crippen LogP contribution in [0.4, 0.5) is 0 Å². The van der Waals surface area contributed by atoms with Gasteiger partial charge in [0.25, 0.3) is 5.91 Å². The molecule has 2 rings (SSSR count). The van der Waals surface area contributed by atoms with Crippen LogP contribution in [0.1, 0.15) is 20.8 Å². The highest BCUT2D eigenvalue weighted by Crippen LogP contribution is 2.22. The number of aryl methyl sites for hydroxylation is 1. The lowest BCUT2D eigenvalue weighted by molar-refractivity contribution is 0.0735. The molecule has 4 heteroatoms. The number of amides is 1. The number of nitrogens with zero attached hydrogens (tertiary/aromatic N) is 1. The Morgan fingerprint density at radius 2 is 2.07 bits per heavy atom. The molecule has 15 heavy (non-hydrogen) atoms. The molecule has 1 aromatic rings. The molecule has 1 amide bonds. The maximum absolute atomic E-state index is 12.1. The summed E-state index contributed by atoms with van der Waals surface area (Å²) in [4.78, 5) is 15.3. The fourth-order valence-corrected chi connectivity index (χ4v) is 2.62. The van der Waals surface area contributed by atoms with Crippen molar-refractivity contribution < 1.29 is 4.79 Å². The van der Waals surface area contributed by atoms with Crippen molar-refractivity contribution in [2.24, 2.45) is 0 Å². The Kier molecular flexibility index (Phi) is 3.07. The number of hydrogen-bond acceptors (Lipinski definition) is 3. The average Bonchev–Trinajstić information content (AvgIpc) is 2.60. The van der Waals surface area contributed by atoms with Gasteiger partial charge in [-0.25, -0.2) is 0 Å². The third-order valence-corrected chi connectivity index (χ3v) is 3.93. The first-order valence-corrected chi connectivity index (χ1v) is 6.13. The van der Waals surface area contributed by atoms with Crippen molar-refractivity contribution in [3.8, 4) is 0 Å². The maximum atomic E-state index is 12.1. The monoisotopic (exact) mass is 224 g/mol. The standard InChI is InChI=1S/C11H16N2OS/c1-8-9(2)15-7-10(8)11(14)13-5-3-12-4-6-13/h7,12H,3-6H2,1-2H3. The summed E-state index contributed by atoms with van der Waals surface area (Å²) in [5, 5.41) is 5.23. The molecule has 1 N–H and O–H groups in total. The number of rotatable bonds is 1. The third-order valence-electron chi connectivity index (χ3n) is 2.92. The van der Waals surface area contributed by atoms with Crippen molar-refractivity contribution in [1.82, 2.24) is 10.2 Å². The summed E-state index contributed by atoms with van der Waals surface area (Å²) in [7, 11) is 0. The molecule has 0 saturated carbocycles. The maximum Gasteiger partial charge on any atom is 0.255 e. The average molecular weight is 224 g/mol. The minimum atomic E-state index is 0.193. The van der Waals surface area contributed by atoms with E-state index in [0.717, 1.165) is 37.3 Å². The van der Waals surface area contributed by atoms with Crippen molar-refractivity contribution in [1.29, 1.82) is 0 Å². The van der Waals surface area contributed by atoms with E-state index in [0.29, 0.717) is 0 Å². The fraction of sp³-hybridized carbons (Fsp3) is 0.545. The number of thiophene rings is 1. The number of carbonyl (C=O) groups excluding carboxylic acids is 1. The van der Waals surface area contributed by atoms with Crippen LogP contribution < -0.4 is 5.32 Å². The molecule has 82 valence electrons. The topological polar surface area (TPSA) is 32.3 Å². The molecule has 0 aromatic carbocycles. The van der Waals surface area contributed by atoms with Gasteiger partial charge < -0.3 is 10.2 Å². The number of carbonyl (C=O) groups is 1. The van der Waals surface area contributed by atoms with Gasteiger partial charge in [0, 0.05) is 36.4 Å². The van der Waals surface area contributed by atoms with Crippen LogP contribution in [0.2, 0.25) is 0 Å². The van der Waals surface area contributed by atoms with E-state index in [4.69, 9.17) is 0 Å². The highest BCUT2D eigenvalue weighted by atomic mass is 32.1. The first-order valence-electron chi connectivity index (χ1n) is 5.25. The summed E-state index contributed by atoms with van der Waals surface area (Å²) in [6.45, 7) is 7.57. The van der Waals surface area contributed by atoms with Gasteiger partial charge in [0.05, 0.1) is 5.56 Å². The van der Waals surface area contributed by atoms with Gasteiger partial charge in [0.1, 0.15) is 0 Å². The molecular weight excluding hydrogens is 208 g/mol. The highest BCUT2D eigenvalue weighted by molar-refractivity contribution is 7.10. The van der Waals surface area contributed by atoms with Gasteiger partial charge in [-0.05, 0) is 19.4 Å². The molecule has 2 heterocycles. The van der Waals surface area contributed by atoms with E-state index in [-0.39, 0.29) is 5.91 Å². The second kappa shape index (κ2) is 4.33. The Bertz CT molecular complexity index is 367. The largest absolute Gasteiger partial charge is 0.336 e. The molecule has 0 spiro atoms. The predicted octanol–water partition coefficient (Wildman–Crippen LogP) is 1.41. The van der Waals surface area contributed by atoms with Gasteiger partial charge in [-0.15, -0.1) is 11.3 Å². The van der Waals surface area contributed by atoms with Crippen LogP contribution in [0.25, 0.3) is 0 Å². The Morgan fingerprint density at radius 3 is 2.60 bits per heavy atom. The van der Waals surface area contributed by atoms with Crippen LogP contribution in [0, 0.1) is 13.8 Å². The van der Waals surface area contributed by atoms with Gasteiger partial charge in [0.15, 0.2) is 0 Å². The zero-order valence-corrected chi connectivity index (χ0v) is 9.99. The zero-order valence-electron chi connectivity index (χ0n) is 9.17. The molecule has 0 unspecified atom stereocenters. The van der Waals surface area contributed by atoms with Gasteiger partial charge in [-0.3, -0.25) is 4.79 Å². The minimum absolute atomic E-state index is 0.193. The van der Waals surface area contributed by atoms with Crippen molar-refractivity contribution in [3.05, 3.63) is 21.4 Å². The summed E-state index contributed by atoms with van der Waals surface area (Å²) in [5.74, 6) is 0.193. The Morgan fingerprint density at radius 1 is 1.40 bits per heavy atom. The number of hydrogen-bond donors (Lipinski definition) is 1. The van der Waals surface area contributed by atoms with E-state index in [1.54, 1.807) is 11.3 Å². The van der Waals surface area contributed by atoms with Crippen LogP contribution >= 0.6 is 11.3 Å². The lowest BCUT2D eigenvalue weighted by Gasteiger charge is -2.27. The fourth-order valence-electron chi connectivity index (χ4n) is 1.76. The van der Waals surface area contributed by atoms with E-state index in [1.165, 1.54) is 4.88 Å². The van der Waals surface area contributed by atoms with Crippen LogP contribution in [-0.4, -0.2) is 37.0 Å². The van der Waals surface area contributed by atoms with Gasteiger partial charge in [-0.1, -0.05) is 0 Å². The van der Waals surface area contributed by atoms with E-state index < -0.39 is 0 Å².